The van der Waals surface area contributed by atoms with E-state index in [0.29, 0.717) is 5.41 Å². The lowest BCUT2D eigenvalue weighted by Crippen LogP contribution is -2.56. The lowest BCUT2D eigenvalue weighted by molar-refractivity contribution is 0.250. The second-order valence-corrected chi connectivity index (χ2v) is 5.58. The largest absolute Gasteiger partial charge is 0.315 e. The molecule has 0 radical (unpaired) electrons. The van der Waals surface area contributed by atoms with Crippen LogP contribution in [0, 0.1) is 0 Å². The van der Waals surface area contributed by atoms with Crippen molar-refractivity contribution in [3.63, 3.8) is 0 Å². The number of rotatable bonds is 6. The number of hydrogen-bond donors (Lipinski definition) is 1. The second-order valence-electron chi connectivity index (χ2n) is 5.17. The molecule has 0 unspecified atom stereocenters. The summed E-state index contributed by atoms with van der Waals surface area (Å²) >= 11 is 6.33. The Morgan fingerprint density at radius 2 is 1.94 bits per heavy atom. The minimum Gasteiger partial charge on any atom is -0.315 e. The summed E-state index contributed by atoms with van der Waals surface area (Å²) < 4.78 is 0. The van der Waals surface area contributed by atoms with Crippen LogP contribution in [0.2, 0.25) is 5.02 Å². The van der Waals surface area contributed by atoms with E-state index in [1.807, 2.05) is 12.1 Å². The van der Waals surface area contributed by atoms with Gasteiger partial charge in [0.1, 0.15) is 0 Å². The standard InChI is InChI=1S/C15H22ClN/c1-2-3-4-7-10-15(11-17-12-15)13-8-5-6-9-14(13)16/h5-6,8-9,17H,2-4,7,10-12H2,1H3. The van der Waals surface area contributed by atoms with E-state index in [-0.39, 0.29) is 0 Å². The number of benzene rings is 1. The highest BCUT2D eigenvalue weighted by Crippen LogP contribution is 2.37. The molecule has 0 spiro atoms. The van der Waals surface area contributed by atoms with Crippen molar-refractivity contribution in [3.8, 4) is 0 Å². The van der Waals surface area contributed by atoms with Crippen molar-refractivity contribution in [2.75, 3.05) is 13.1 Å². The first kappa shape index (κ1) is 12.9. The highest BCUT2D eigenvalue weighted by molar-refractivity contribution is 6.31. The summed E-state index contributed by atoms with van der Waals surface area (Å²) in [4.78, 5) is 0. The third-order valence-electron chi connectivity index (χ3n) is 3.88. The molecule has 1 nitrogen and oxygen atoms in total. The van der Waals surface area contributed by atoms with Gasteiger partial charge >= 0.3 is 0 Å². The Morgan fingerprint density at radius 1 is 1.18 bits per heavy atom. The molecule has 2 rings (SSSR count). The summed E-state index contributed by atoms with van der Waals surface area (Å²) in [6, 6.07) is 8.34. The molecule has 94 valence electrons. The Hall–Kier alpha value is -0.530. The maximum Gasteiger partial charge on any atom is 0.0444 e. The molecule has 1 aliphatic heterocycles. The van der Waals surface area contributed by atoms with Crippen molar-refractivity contribution in [1.82, 2.24) is 5.32 Å². The van der Waals surface area contributed by atoms with Gasteiger partial charge in [-0.3, -0.25) is 0 Å². The third kappa shape index (κ3) is 2.83. The van der Waals surface area contributed by atoms with Gasteiger partial charge in [-0.25, -0.2) is 0 Å². The van der Waals surface area contributed by atoms with Crippen LogP contribution < -0.4 is 5.32 Å². The van der Waals surface area contributed by atoms with Crippen LogP contribution in [0.3, 0.4) is 0 Å². The Balaban J connectivity index is 2.02. The summed E-state index contributed by atoms with van der Waals surface area (Å²) in [6.45, 7) is 4.43. The predicted octanol–water partition coefficient (Wildman–Crippen LogP) is 4.15. The van der Waals surface area contributed by atoms with Crippen LogP contribution in [0.5, 0.6) is 0 Å². The fraction of sp³-hybridized carbons (Fsp3) is 0.600. The maximum atomic E-state index is 6.33. The molecular formula is C15H22ClN. The van der Waals surface area contributed by atoms with Crippen LogP contribution in [0.25, 0.3) is 0 Å². The quantitative estimate of drug-likeness (QED) is 0.749. The van der Waals surface area contributed by atoms with E-state index in [1.165, 1.54) is 37.7 Å². The lowest BCUT2D eigenvalue weighted by atomic mass is 9.71. The third-order valence-corrected chi connectivity index (χ3v) is 4.21. The van der Waals surface area contributed by atoms with Crippen molar-refractivity contribution in [1.29, 1.82) is 0 Å². The normalized spacial score (nSPS) is 17.8. The van der Waals surface area contributed by atoms with E-state index in [1.54, 1.807) is 0 Å². The molecule has 0 saturated carbocycles. The minimum atomic E-state index is 0.312. The summed E-state index contributed by atoms with van der Waals surface area (Å²) in [6.07, 6.45) is 6.59. The SMILES string of the molecule is CCCCCCC1(c2ccccc2Cl)CNC1. The van der Waals surface area contributed by atoms with Crippen molar-refractivity contribution in [2.24, 2.45) is 0 Å². The molecule has 1 saturated heterocycles. The molecule has 1 N–H and O–H groups in total. The van der Waals surface area contributed by atoms with Gasteiger partial charge in [0.15, 0.2) is 0 Å². The molecule has 2 heteroatoms. The Morgan fingerprint density at radius 3 is 2.53 bits per heavy atom. The molecule has 0 aliphatic carbocycles. The molecule has 1 aromatic carbocycles. The molecule has 1 heterocycles. The number of unbranched alkanes of at least 4 members (excludes halogenated alkanes) is 3. The average molecular weight is 252 g/mol. The predicted molar refractivity (Wildman–Crippen MR) is 74.8 cm³/mol. The van der Waals surface area contributed by atoms with Crippen LogP contribution in [0.4, 0.5) is 0 Å². The van der Waals surface area contributed by atoms with Gasteiger partial charge in [0.25, 0.3) is 0 Å². The first-order valence-corrected chi connectivity index (χ1v) is 7.12. The molecule has 0 bridgehead atoms. The van der Waals surface area contributed by atoms with E-state index in [9.17, 15) is 0 Å². The van der Waals surface area contributed by atoms with Crippen molar-refractivity contribution in [2.45, 2.75) is 44.4 Å². The number of nitrogens with one attached hydrogen (secondary N) is 1. The molecule has 0 aromatic heterocycles. The van der Waals surface area contributed by atoms with Crippen LogP contribution in [0.1, 0.15) is 44.6 Å². The topological polar surface area (TPSA) is 12.0 Å². The van der Waals surface area contributed by atoms with Crippen LogP contribution in [-0.2, 0) is 5.41 Å². The lowest BCUT2D eigenvalue weighted by Gasteiger charge is -2.44. The van der Waals surface area contributed by atoms with Crippen molar-refractivity contribution < 1.29 is 0 Å². The maximum absolute atomic E-state index is 6.33. The van der Waals surface area contributed by atoms with E-state index >= 15 is 0 Å². The second kappa shape index (κ2) is 5.88. The van der Waals surface area contributed by atoms with Gasteiger partial charge in [-0.15, -0.1) is 0 Å². The Kier molecular flexibility index (Phi) is 4.47. The molecule has 1 aromatic rings. The van der Waals surface area contributed by atoms with E-state index in [2.05, 4.69) is 24.4 Å². The number of halogens is 1. The van der Waals surface area contributed by atoms with Gasteiger partial charge in [0, 0.05) is 23.5 Å². The Labute approximate surface area is 110 Å². The highest BCUT2D eigenvalue weighted by Gasteiger charge is 2.39. The van der Waals surface area contributed by atoms with Crippen LogP contribution >= 0.6 is 11.6 Å². The zero-order valence-electron chi connectivity index (χ0n) is 10.6. The van der Waals surface area contributed by atoms with Gasteiger partial charge in [0.2, 0.25) is 0 Å². The van der Waals surface area contributed by atoms with Crippen molar-refractivity contribution in [3.05, 3.63) is 34.9 Å². The Bertz CT molecular complexity index is 358. The van der Waals surface area contributed by atoms with Crippen LogP contribution in [-0.4, -0.2) is 13.1 Å². The van der Waals surface area contributed by atoms with Gasteiger partial charge in [0.05, 0.1) is 0 Å². The molecule has 0 amide bonds. The van der Waals surface area contributed by atoms with E-state index < -0.39 is 0 Å². The average Bonchev–Trinajstić information content (AvgIpc) is 2.29. The van der Waals surface area contributed by atoms with Gasteiger partial charge in [-0.1, -0.05) is 62.4 Å². The van der Waals surface area contributed by atoms with E-state index in [4.69, 9.17) is 11.6 Å². The highest BCUT2D eigenvalue weighted by atomic mass is 35.5. The molecule has 17 heavy (non-hydrogen) atoms. The zero-order chi connectivity index (χ0) is 12.1. The van der Waals surface area contributed by atoms with Gasteiger partial charge in [-0.05, 0) is 18.1 Å². The summed E-state index contributed by atoms with van der Waals surface area (Å²) in [5, 5.41) is 4.34. The minimum absolute atomic E-state index is 0.312. The molecule has 1 aliphatic rings. The van der Waals surface area contributed by atoms with Gasteiger partial charge in [-0.2, -0.15) is 0 Å². The smallest absolute Gasteiger partial charge is 0.0444 e. The fourth-order valence-corrected chi connectivity index (χ4v) is 3.05. The first-order valence-electron chi connectivity index (χ1n) is 6.74. The molecule has 1 fully saturated rings. The fourth-order valence-electron chi connectivity index (χ4n) is 2.71. The van der Waals surface area contributed by atoms with Gasteiger partial charge < -0.3 is 5.32 Å². The molecular weight excluding hydrogens is 230 g/mol. The molecule has 0 atom stereocenters. The van der Waals surface area contributed by atoms with Crippen LogP contribution in [0.15, 0.2) is 24.3 Å². The summed E-state index contributed by atoms with van der Waals surface area (Å²) in [7, 11) is 0. The summed E-state index contributed by atoms with van der Waals surface area (Å²) in [5.41, 5.74) is 1.66. The first-order chi connectivity index (χ1) is 8.28. The monoisotopic (exact) mass is 251 g/mol. The zero-order valence-corrected chi connectivity index (χ0v) is 11.4. The van der Waals surface area contributed by atoms with E-state index in [0.717, 1.165) is 18.1 Å². The summed E-state index contributed by atoms with van der Waals surface area (Å²) in [5.74, 6) is 0. The number of hydrogen-bond acceptors (Lipinski definition) is 1. The van der Waals surface area contributed by atoms with Crippen molar-refractivity contribution >= 4 is 11.6 Å².